The number of methoxy groups -OCH3 is 1. The van der Waals surface area contributed by atoms with E-state index in [2.05, 4.69) is 26.2 Å². The zero-order chi connectivity index (χ0) is 21.7. The van der Waals surface area contributed by atoms with Crippen molar-refractivity contribution in [1.82, 2.24) is 9.55 Å². The molecule has 2 aromatic carbocycles. The summed E-state index contributed by atoms with van der Waals surface area (Å²) in [6.45, 7) is 2.41. The Morgan fingerprint density at radius 2 is 2.17 bits per heavy atom. The van der Waals surface area contributed by atoms with Gasteiger partial charge < -0.3 is 10.1 Å². The van der Waals surface area contributed by atoms with Gasteiger partial charge in [-0.25, -0.2) is 4.98 Å². The normalized spacial score (nSPS) is 11.8. The van der Waals surface area contributed by atoms with Gasteiger partial charge in [-0.15, -0.1) is 0 Å². The summed E-state index contributed by atoms with van der Waals surface area (Å²) >= 11 is 4.58. The number of nitriles is 1. The van der Waals surface area contributed by atoms with Gasteiger partial charge in [0.2, 0.25) is 5.91 Å². The molecule has 1 heterocycles. The fourth-order valence-corrected chi connectivity index (χ4v) is 4.06. The summed E-state index contributed by atoms with van der Waals surface area (Å²) in [5, 5.41) is 12.2. The van der Waals surface area contributed by atoms with E-state index in [0.29, 0.717) is 40.5 Å². The number of aromatic nitrogens is 2. The first-order valence-corrected chi connectivity index (χ1v) is 10.8. The average molecular weight is 487 g/mol. The van der Waals surface area contributed by atoms with Gasteiger partial charge in [0, 0.05) is 17.3 Å². The molecule has 154 valence electrons. The van der Waals surface area contributed by atoms with Gasteiger partial charge in [-0.3, -0.25) is 14.2 Å². The second-order valence-electron chi connectivity index (χ2n) is 6.45. The van der Waals surface area contributed by atoms with Crippen LogP contribution in [0.15, 0.2) is 56.9 Å². The summed E-state index contributed by atoms with van der Waals surface area (Å²) in [6.07, 6.45) is 0. The summed E-state index contributed by atoms with van der Waals surface area (Å²) in [5.74, 6) is -0.251. The number of anilines is 1. The van der Waals surface area contributed by atoms with Crippen molar-refractivity contribution in [3.63, 3.8) is 0 Å². The lowest BCUT2D eigenvalue weighted by Gasteiger charge is -2.16. The van der Waals surface area contributed by atoms with Gasteiger partial charge in [-0.1, -0.05) is 33.8 Å². The molecule has 9 heteroatoms. The number of thioether (sulfide) groups is 1. The Kier molecular flexibility index (Phi) is 7.26. The van der Waals surface area contributed by atoms with Crippen LogP contribution in [0, 0.1) is 11.3 Å². The molecule has 1 N–H and O–H groups in total. The second kappa shape index (κ2) is 9.89. The van der Waals surface area contributed by atoms with Crippen LogP contribution in [0.5, 0.6) is 0 Å². The number of ether oxygens (including phenoxy) is 1. The Morgan fingerprint density at radius 3 is 2.90 bits per heavy atom. The summed E-state index contributed by atoms with van der Waals surface area (Å²) in [5.41, 5.74) is 1.38. The number of benzene rings is 2. The Balaban J connectivity index is 1.89. The predicted molar refractivity (Wildman–Crippen MR) is 121 cm³/mol. The van der Waals surface area contributed by atoms with Crippen LogP contribution in [0.3, 0.4) is 0 Å². The van der Waals surface area contributed by atoms with Crippen molar-refractivity contribution < 1.29 is 9.53 Å². The molecule has 1 amide bonds. The Hall–Kier alpha value is -2.67. The fraction of sp³-hybridized carbons (Fsp3) is 0.238. The Bertz CT molecular complexity index is 1190. The number of nitrogens with one attached hydrogen (secondary N) is 1. The maximum atomic E-state index is 13.0. The van der Waals surface area contributed by atoms with E-state index in [1.807, 2.05) is 12.1 Å². The highest BCUT2D eigenvalue weighted by Crippen LogP contribution is 2.25. The average Bonchev–Trinajstić information content (AvgIpc) is 2.74. The molecule has 0 bridgehead atoms. The van der Waals surface area contributed by atoms with Gasteiger partial charge in [-0.2, -0.15) is 5.26 Å². The number of hydrogen-bond acceptors (Lipinski definition) is 6. The third kappa shape index (κ3) is 5.08. The molecule has 0 aliphatic carbocycles. The highest BCUT2D eigenvalue weighted by molar-refractivity contribution is 9.10. The van der Waals surface area contributed by atoms with Gasteiger partial charge in [0.1, 0.15) is 0 Å². The summed E-state index contributed by atoms with van der Waals surface area (Å²) in [6, 6.07) is 14.1. The predicted octanol–water partition coefficient (Wildman–Crippen LogP) is 3.80. The van der Waals surface area contributed by atoms with E-state index in [1.165, 1.54) is 16.3 Å². The van der Waals surface area contributed by atoms with Crippen molar-refractivity contribution in [2.45, 2.75) is 23.9 Å². The van der Waals surface area contributed by atoms with Gasteiger partial charge in [0.15, 0.2) is 5.16 Å². The molecule has 0 fully saturated rings. The highest BCUT2D eigenvalue weighted by Gasteiger charge is 2.20. The molecule has 0 aliphatic heterocycles. The number of rotatable bonds is 7. The standard InChI is InChI=1S/C21H19BrN4O3S/c1-13(19(27)24-16-5-3-4-14(10-16)12-23)30-21-25-18-7-6-15(22)11-17(18)20(28)26(21)8-9-29-2/h3-7,10-11,13H,8-9H2,1-2H3,(H,24,27). The van der Waals surface area contributed by atoms with Gasteiger partial charge in [0.25, 0.3) is 5.56 Å². The number of halogens is 1. The lowest BCUT2D eigenvalue weighted by Crippen LogP contribution is -2.28. The minimum absolute atomic E-state index is 0.185. The zero-order valence-electron chi connectivity index (χ0n) is 16.4. The lowest BCUT2D eigenvalue weighted by molar-refractivity contribution is -0.115. The number of carbonyl (C=O) groups is 1. The van der Waals surface area contributed by atoms with Crippen LogP contribution in [0.25, 0.3) is 10.9 Å². The van der Waals surface area contributed by atoms with Crippen LogP contribution < -0.4 is 10.9 Å². The molecule has 3 aromatic rings. The monoisotopic (exact) mass is 486 g/mol. The third-order valence-corrected chi connectivity index (χ3v) is 5.89. The van der Waals surface area contributed by atoms with E-state index in [1.54, 1.807) is 50.4 Å². The molecule has 1 aromatic heterocycles. The summed E-state index contributed by atoms with van der Waals surface area (Å²) in [4.78, 5) is 30.3. The molecular formula is C21H19BrN4O3S. The van der Waals surface area contributed by atoms with Crippen molar-refractivity contribution in [3.05, 3.63) is 62.9 Å². The maximum absolute atomic E-state index is 13.0. The largest absolute Gasteiger partial charge is 0.383 e. The summed E-state index contributed by atoms with van der Waals surface area (Å²) in [7, 11) is 1.56. The van der Waals surface area contributed by atoms with Crippen LogP contribution >= 0.6 is 27.7 Å². The number of carbonyl (C=O) groups excluding carboxylic acids is 1. The minimum Gasteiger partial charge on any atom is -0.383 e. The van der Waals surface area contributed by atoms with E-state index in [9.17, 15) is 9.59 Å². The van der Waals surface area contributed by atoms with E-state index < -0.39 is 5.25 Å². The summed E-state index contributed by atoms with van der Waals surface area (Å²) < 4.78 is 7.46. The van der Waals surface area contributed by atoms with Crippen molar-refractivity contribution in [2.24, 2.45) is 0 Å². The lowest BCUT2D eigenvalue weighted by atomic mass is 10.2. The van der Waals surface area contributed by atoms with Crippen molar-refractivity contribution in [1.29, 1.82) is 5.26 Å². The van der Waals surface area contributed by atoms with E-state index in [4.69, 9.17) is 10.00 Å². The first-order valence-electron chi connectivity index (χ1n) is 9.09. The van der Waals surface area contributed by atoms with Crippen LogP contribution in [0.2, 0.25) is 0 Å². The molecule has 30 heavy (non-hydrogen) atoms. The molecule has 0 radical (unpaired) electrons. The van der Waals surface area contributed by atoms with Gasteiger partial charge >= 0.3 is 0 Å². The van der Waals surface area contributed by atoms with Crippen LogP contribution in [0.1, 0.15) is 12.5 Å². The van der Waals surface area contributed by atoms with E-state index in [-0.39, 0.29) is 11.5 Å². The van der Waals surface area contributed by atoms with Crippen LogP contribution in [-0.4, -0.2) is 34.4 Å². The fourth-order valence-electron chi connectivity index (χ4n) is 2.76. The van der Waals surface area contributed by atoms with Crippen molar-refractivity contribution >= 4 is 50.2 Å². The molecule has 0 spiro atoms. The number of hydrogen-bond donors (Lipinski definition) is 1. The van der Waals surface area contributed by atoms with Crippen molar-refractivity contribution in [3.8, 4) is 6.07 Å². The number of fused-ring (bicyclic) bond motifs is 1. The maximum Gasteiger partial charge on any atom is 0.262 e. The van der Waals surface area contributed by atoms with E-state index in [0.717, 1.165) is 4.47 Å². The second-order valence-corrected chi connectivity index (χ2v) is 8.67. The molecule has 3 rings (SSSR count). The molecule has 0 aliphatic rings. The van der Waals surface area contributed by atoms with Crippen molar-refractivity contribution in [2.75, 3.05) is 19.0 Å². The quantitative estimate of drug-likeness (QED) is 0.402. The Morgan fingerprint density at radius 1 is 1.37 bits per heavy atom. The number of amides is 1. The smallest absolute Gasteiger partial charge is 0.262 e. The molecule has 1 unspecified atom stereocenters. The minimum atomic E-state index is -0.524. The molecule has 0 saturated heterocycles. The molecule has 7 nitrogen and oxygen atoms in total. The molecular weight excluding hydrogens is 468 g/mol. The molecule has 0 saturated carbocycles. The first-order chi connectivity index (χ1) is 14.4. The van der Waals surface area contributed by atoms with Crippen LogP contribution in [-0.2, 0) is 16.1 Å². The first kappa shape index (κ1) is 22.0. The topological polar surface area (TPSA) is 97.0 Å². The zero-order valence-corrected chi connectivity index (χ0v) is 18.8. The third-order valence-electron chi connectivity index (χ3n) is 4.31. The van der Waals surface area contributed by atoms with E-state index >= 15 is 0 Å². The number of nitrogens with zero attached hydrogens (tertiary/aromatic N) is 3. The molecule has 1 atom stereocenters. The van der Waals surface area contributed by atoms with Gasteiger partial charge in [0.05, 0.1) is 40.9 Å². The highest BCUT2D eigenvalue weighted by atomic mass is 79.9. The van der Waals surface area contributed by atoms with Gasteiger partial charge in [-0.05, 0) is 43.3 Å². The Labute approximate surface area is 186 Å². The SMILES string of the molecule is COCCn1c(SC(C)C(=O)Nc2cccc(C#N)c2)nc2ccc(Br)cc2c1=O. The van der Waals surface area contributed by atoms with Crippen LogP contribution in [0.4, 0.5) is 5.69 Å².